The van der Waals surface area contributed by atoms with Crippen LogP contribution in [0.4, 0.5) is 0 Å². The van der Waals surface area contributed by atoms with Gasteiger partial charge in [0.1, 0.15) is 11.2 Å². The fourth-order valence-corrected chi connectivity index (χ4v) is 9.79. The Morgan fingerprint density at radius 2 is 0.887 bits per heavy atom. The standard InChI is InChI=1S/C56H34N4OS/c1-3-15-35(16-4-1)49-32-50(38-33-57-55(58-34-38)36-17-5-2-6-18-36)60-56(59-49)37-27-28-43-41-21-8-7-19-39(41)40-20-9-10-22-42(40)45-24-12-14-26-53(45)62-54-31-47-44-23-11-13-25-51(44)61-52(47)30-48(54)46(43)29-37/h1-34H. The number of furan rings is 1. The van der Waals surface area contributed by atoms with Crippen molar-refractivity contribution >= 4 is 33.7 Å². The molecule has 1 aliphatic rings. The maximum Gasteiger partial charge on any atom is 0.160 e. The minimum absolute atomic E-state index is 0.605. The summed E-state index contributed by atoms with van der Waals surface area (Å²) in [6.07, 6.45) is 3.70. The number of rotatable bonds is 4. The van der Waals surface area contributed by atoms with Crippen molar-refractivity contribution in [2.75, 3.05) is 0 Å². The highest BCUT2D eigenvalue weighted by Crippen LogP contribution is 2.50. The van der Waals surface area contributed by atoms with E-state index in [0.29, 0.717) is 11.6 Å². The molecular weight excluding hydrogens is 777 g/mol. The summed E-state index contributed by atoms with van der Waals surface area (Å²) in [4.78, 5) is 22.4. The Balaban J connectivity index is 1.12. The lowest BCUT2D eigenvalue weighted by atomic mass is 9.86. The van der Waals surface area contributed by atoms with Crippen molar-refractivity contribution in [2.24, 2.45) is 0 Å². The van der Waals surface area contributed by atoms with Crippen LogP contribution in [0.2, 0.25) is 0 Å². The topological polar surface area (TPSA) is 64.7 Å². The smallest absolute Gasteiger partial charge is 0.160 e. The average molecular weight is 811 g/mol. The molecule has 0 fully saturated rings. The summed E-state index contributed by atoms with van der Waals surface area (Å²) in [6, 6.07) is 68.1. The molecule has 0 saturated carbocycles. The van der Waals surface area contributed by atoms with E-state index in [1.165, 1.54) is 21.6 Å². The van der Waals surface area contributed by atoms with Crippen LogP contribution in [0.5, 0.6) is 0 Å². The lowest BCUT2D eigenvalue weighted by molar-refractivity contribution is 0.669. The van der Waals surface area contributed by atoms with Gasteiger partial charge >= 0.3 is 0 Å². The quantitative estimate of drug-likeness (QED) is 0.176. The number of fused-ring (bicyclic) bond motifs is 12. The average Bonchev–Trinajstić information content (AvgIpc) is 3.71. The fraction of sp³-hybridized carbons (Fsp3) is 0. The van der Waals surface area contributed by atoms with Gasteiger partial charge in [-0.15, -0.1) is 0 Å². The highest BCUT2D eigenvalue weighted by molar-refractivity contribution is 7.99. The number of aromatic nitrogens is 4. The molecule has 0 saturated heterocycles. The van der Waals surface area contributed by atoms with Crippen molar-refractivity contribution in [2.45, 2.75) is 9.79 Å². The minimum Gasteiger partial charge on any atom is -0.456 e. The second-order valence-electron chi connectivity index (χ2n) is 15.4. The predicted molar refractivity (Wildman–Crippen MR) is 253 cm³/mol. The zero-order valence-corrected chi connectivity index (χ0v) is 34.1. The molecule has 0 N–H and O–H groups in total. The number of para-hydroxylation sites is 1. The van der Waals surface area contributed by atoms with Crippen LogP contribution in [0, 0.1) is 0 Å². The number of hydrogen-bond acceptors (Lipinski definition) is 6. The summed E-state index contributed by atoms with van der Waals surface area (Å²) in [5.74, 6) is 1.27. The molecule has 62 heavy (non-hydrogen) atoms. The molecule has 0 radical (unpaired) electrons. The van der Waals surface area contributed by atoms with E-state index in [1.807, 2.05) is 79.1 Å². The molecule has 0 amide bonds. The fourth-order valence-electron chi connectivity index (χ4n) is 8.67. The van der Waals surface area contributed by atoms with Crippen LogP contribution in [-0.2, 0) is 0 Å². The van der Waals surface area contributed by atoms with Gasteiger partial charge in [-0.3, -0.25) is 0 Å². The maximum atomic E-state index is 6.61. The molecule has 5 nitrogen and oxygen atoms in total. The molecule has 290 valence electrons. The van der Waals surface area contributed by atoms with Crippen molar-refractivity contribution in [3.05, 3.63) is 207 Å². The van der Waals surface area contributed by atoms with Crippen LogP contribution in [0.1, 0.15) is 0 Å². The van der Waals surface area contributed by atoms with Crippen LogP contribution in [0.3, 0.4) is 0 Å². The van der Waals surface area contributed by atoms with E-state index in [4.69, 9.17) is 24.4 Å². The molecule has 11 aromatic rings. The van der Waals surface area contributed by atoms with Crippen LogP contribution in [0.15, 0.2) is 221 Å². The summed E-state index contributed by atoms with van der Waals surface area (Å²) < 4.78 is 6.61. The van der Waals surface area contributed by atoms with Crippen molar-refractivity contribution in [1.29, 1.82) is 0 Å². The highest BCUT2D eigenvalue weighted by atomic mass is 32.2. The van der Waals surface area contributed by atoms with Crippen molar-refractivity contribution in [3.63, 3.8) is 0 Å². The molecule has 0 aliphatic carbocycles. The monoisotopic (exact) mass is 810 g/mol. The Hall–Kier alpha value is -7.93. The first kappa shape index (κ1) is 36.0. The molecule has 3 aromatic heterocycles. The van der Waals surface area contributed by atoms with Gasteiger partial charge in [0.2, 0.25) is 0 Å². The molecule has 0 unspecified atom stereocenters. The summed E-state index contributed by atoms with van der Waals surface area (Å²) >= 11 is 1.80. The van der Waals surface area contributed by atoms with E-state index in [1.54, 1.807) is 11.8 Å². The molecule has 0 atom stereocenters. The highest BCUT2D eigenvalue weighted by Gasteiger charge is 2.24. The Labute approximate surface area is 362 Å². The van der Waals surface area contributed by atoms with Gasteiger partial charge < -0.3 is 4.42 Å². The van der Waals surface area contributed by atoms with Crippen molar-refractivity contribution in [3.8, 4) is 89.8 Å². The summed E-state index contributed by atoms with van der Waals surface area (Å²) in [6.45, 7) is 0. The van der Waals surface area contributed by atoms with Gasteiger partial charge in [-0.05, 0) is 80.9 Å². The van der Waals surface area contributed by atoms with Gasteiger partial charge in [0, 0.05) is 55.2 Å². The predicted octanol–water partition coefficient (Wildman–Crippen LogP) is 15.0. The van der Waals surface area contributed by atoms with Gasteiger partial charge in [-0.2, -0.15) is 0 Å². The summed E-state index contributed by atoms with van der Waals surface area (Å²) in [5.41, 5.74) is 16.0. The van der Waals surface area contributed by atoms with E-state index >= 15 is 0 Å². The molecule has 4 heterocycles. The van der Waals surface area contributed by atoms with Gasteiger partial charge in [0.15, 0.2) is 11.6 Å². The third-order valence-electron chi connectivity index (χ3n) is 11.7. The molecule has 0 spiro atoms. The van der Waals surface area contributed by atoms with E-state index in [0.717, 1.165) is 88.3 Å². The maximum absolute atomic E-state index is 6.61. The molecule has 8 aromatic carbocycles. The normalized spacial score (nSPS) is 11.8. The molecule has 12 rings (SSSR count). The number of hydrogen-bond donors (Lipinski definition) is 0. The largest absolute Gasteiger partial charge is 0.456 e. The zero-order valence-electron chi connectivity index (χ0n) is 33.2. The Bertz CT molecular complexity index is 3490. The third kappa shape index (κ3) is 6.28. The van der Waals surface area contributed by atoms with E-state index < -0.39 is 0 Å². The van der Waals surface area contributed by atoms with Gasteiger partial charge in [-0.25, -0.2) is 19.9 Å². The molecule has 1 aliphatic heterocycles. The summed E-state index contributed by atoms with van der Waals surface area (Å²) in [7, 11) is 0. The van der Waals surface area contributed by atoms with Crippen LogP contribution < -0.4 is 0 Å². The molecule has 6 heteroatoms. The first-order chi connectivity index (χ1) is 30.7. The third-order valence-corrected chi connectivity index (χ3v) is 12.8. The van der Waals surface area contributed by atoms with Gasteiger partial charge in [-0.1, -0.05) is 169 Å². The Kier molecular flexibility index (Phi) is 8.68. The summed E-state index contributed by atoms with van der Waals surface area (Å²) in [5, 5.41) is 2.18. The lowest BCUT2D eigenvalue weighted by Crippen LogP contribution is -1.98. The first-order valence-electron chi connectivity index (χ1n) is 20.6. The Morgan fingerprint density at radius 1 is 0.323 bits per heavy atom. The van der Waals surface area contributed by atoms with E-state index in [-0.39, 0.29) is 0 Å². The molecular formula is C56H34N4OS. The van der Waals surface area contributed by atoms with E-state index in [2.05, 4.69) is 127 Å². The number of benzene rings is 8. The van der Waals surface area contributed by atoms with Crippen LogP contribution >= 0.6 is 11.8 Å². The second kappa shape index (κ2) is 15.0. The minimum atomic E-state index is 0.605. The van der Waals surface area contributed by atoms with Gasteiger partial charge in [0.25, 0.3) is 0 Å². The SMILES string of the molecule is c1ccc(-c2cc(-c3cnc(-c4ccccc4)nc3)nc(-c3ccc4c(c3)-c3cc5oc6ccccc6c5cc3Sc3ccccc3-c3ccccc3-c3ccccc3-4)n2)cc1. The Morgan fingerprint density at radius 3 is 1.60 bits per heavy atom. The van der Waals surface area contributed by atoms with Gasteiger partial charge in [0.05, 0.1) is 11.4 Å². The molecule has 0 bridgehead atoms. The zero-order chi connectivity index (χ0) is 41.0. The van der Waals surface area contributed by atoms with Crippen molar-refractivity contribution in [1.82, 2.24) is 19.9 Å². The lowest BCUT2D eigenvalue weighted by Gasteiger charge is -2.18. The van der Waals surface area contributed by atoms with Crippen LogP contribution in [-0.4, -0.2) is 19.9 Å². The van der Waals surface area contributed by atoms with E-state index in [9.17, 15) is 0 Å². The first-order valence-corrected chi connectivity index (χ1v) is 21.4. The second-order valence-corrected chi connectivity index (χ2v) is 16.5. The number of nitrogens with zero attached hydrogens (tertiary/aromatic N) is 4. The van der Waals surface area contributed by atoms with Crippen LogP contribution in [0.25, 0.3) is 112 Å². The van der Waals surface area contributed by atoms with Crippen molar-refractivity contribution < 1.29 is 4.42 Å².